The van der Waals surface area contributed by atoms with Crippen LogP contribution in [0.5, 0.6) is 34.5 Å². The van der Waals surface area contributed by atoms with Gasteiger partial charge in [-0.15, -0.1) is 0 Å². The quantitative estimate of drug-likeness (QED) is 0.252. The van der Waals surface area contributed by atoms with Gasteiger partial charge in [0, 0.05) is 66.0 Å². The second kappa shape index (κ2) is 10.00. The van der Waals surface area contributed by atoms with Crippen molar-refractivity contribution in [3.05, 3.63) is 82.2 Å². The van der Waals surface area contributed by atoms with Crippen LogP contribution in [0.2, 0.25) is 0 Å². The van der Waals surface area contributed by atoms with E-state index < -0.39 is 53.7 Å². The molecule has 2 aliphatic heterocycles. The SMILES string of the molecule is OC1=C(O)CC([C@H]2Oc3cc(O)cc(O)c3C(c3c(O)cc(O)c4c3O[C@H](C3C=CC(O)=C(O)C3)[C@H](O)C4)C2O)C=C1. The highest BCUT2D eigenvalue weighted by atomic mass is 16.5. The number of benzene rings is 2. The zero-order valence-corrected chi connectivity index (χ0v) is 22.0. The molecule has 222 valence electrons. The molecule has 0 saturated heterocycles. The number of aliphatic hydroxyl groups excluding tert-OH is 6. The zero-order chi connectivity index (χ0) is 30.0. The van der Waals surface area contributed by atoms with Gasteiger partial charge in [-0.25, -0.2) is 0 Å². The molecule has 2 aromatic rings. The first-order valence-corrected chi connectivity index (χ1v) is 13.4. The number of fused-ring (bicyclic) bond motifs is 2. The Balaban J connectivity index is 1.49. The summed E-state index contributed by atoms with van der Waals surface area (Å²) in [6.07, 6.45) is 0.568. The zero-order valence-electron chi connectivity index (χ0n) is 22.0. The lowest BCUT2D eigenvalue weighted by Gasteiger charge is -2.42. The predicted octanol–water partition coefficient (Wildman–Crippen LogP) is 3.23. The molecular weight excluding hydrogens is 552 g/mol. The summed E-state index contributed by atoms with van der Waals surface area (Å²) in [5.74, 6) is -5.58. The van der Waals surface area contributed by atoms with Gasteiger partial charge in [0.25, 0.3) is 0 Å². The molecule has 0 fully saturated rings. The number of allylic oxidation sites excluding steroid dienone is 4. The molecule has 2 aliphatic carbocycles. The lowest BCUT2D eigenvalue weighted by atomic mass is 9.75. The van der Waals surface area contributed by atoms with Gasteiger partial charge in [-0.2, -0.15) is 0 Å². The third-order valence-electron chi connectivity index (χ3n) is 8.39. The van der Waals surface area contributed by atoms with Gasteiger partial charge in [0.15, 0.2) is 11.5 Å². The molecule has 42 heavy (non-hydrogen) atoms. The van der Waals surface area contributed by atoms with Crippen molar-refractivity contribution < 1.29 is 60.5 Å². The van der Waals surface area contributed by atoms with Gasteiger partial charge in [-0.05, 0) is 12.2 Å². The highest BCUT2D eigenvalue weighted by Gasteiger charge is 2.48. The molecule has 0 radical (unpaired) electrons. The Hall–Kier alpha value is -4.68. The van der Waals surface area contributed by atoms with Gasteiger partial charge in [0.2, 0.25) is 0 Å². The van der Waals surface area contributed by atoms with E-state index >= 15 is 0 Å². The summed E-state index contributed by atoms with van der Waals surface area (Å²) in [6, 6.07) is 3.31. The molecule has 12 nitrogen and oxygen atoms in total. The lowest BCUT2D eigenvalue weighted by molar-refractivity contribution is -0.0214. The number of aliphatic hydroxyl groups is 6. The minimum absolute atomic E-state index is 0.0106. The fraction of sp³-hybridized carbons (Fsp3) is 0.333. The molecule has 6 rings (SSSR count). The van der Waals surface area contributed by atoms with E-state index in [-0.39, 0.29) is 82.0 Å². The van der Waals surface area contributed by atoms with Crippen LogP contribution in [-0.2, 0) is 6.42 Å². The third-order valence-corrected chi connectivity index (χ3v) is 8.39. The third kappa shape index (κ3) is 4.39. The summed E-state index contributed by atoms with van der Waals surface area (Å²) >= 11 is 0. The molecule has 0 saturated carbocycles. The molecule has 7 atom stereocenters. The highest BCUT2D eigenvalue weighted by Crippen LogP contribution is 2.55. The van der Waals surface area contributed by atoms with Crippen LogP contribution in [0, 0.1) is 11.8 Å². The first-order chi connectivity index (χ1) is 19.9. The maximum atomic E-state index is 11.8. The molecule has 4 aliphatic rings. The van der Waals surface area contributed by atoms with Crippen molar-refractivity contribution in [3.63, 3.8) is 0 Å². The molecule has 0 bridgehead atoms. The van der Waals surface area contributed by atoms with Gasteiger partial charge < -0.3 is 60.5 Å². The van der Waals surface area contributed by atoms with Gasteiger partial charge in [-0.3, -0.25) is 0 Å². The Morgan fingerprint density at radius 1 is 0.619 bits per heavy atom. The summed E-state index contributed by atoms with van der Waals surface area (Å²) in [5.41, 5.74) is 0.107. The standard InChI is InChI=1S/C30H30O12/c31-13-7-20(37)24-23(8-13)41-29(12-2-4-16(33)19(36)6-12)27(40)26(24)25-21(38)10-17(34)14-9-22(39)28(42-30(14)25)11-1-3-15(32)18(35)5-11/h1-4,7-8,10-12,22,26-29,31-40H,5-6,9H2/t11?,12?,22-,26?,27?,28-,29-/m1/s1. The Labute approximate surface area is 238 Å². The van der Waals surface area contributed by atoms with Crippen LogP contribution in [0.1, 0.15) is 35.4 Å². The van der Waals surface area contributed by atoms with Crippen molar-refractivity contribution in [2.24, 2.45) is 11.8 Å². The van der Waals surface area contributed by atoms with Crippen LogP contribution in [0.4, 0.5) is 0 Å². The average molecular weight is 583 g/mol. The summed E-state index contributed by atoms with van der Waals surface area (Å²) in [6.45, 7) is 0. The van der Waals surface area contributed by atoms with Gasteiger partial charge in [0.05, 0.1) is 12.0 Å². The molecular formula is C30H30O12. The molecule has 4 unspecified atom stereocenters. The van der Waals surface area contributed by atoms with Crippen molar-refractivity contribution in [3.8, 4) is 34.5 Å². The largest absolute Gasteiger partial charge is 0.508 e. The van der Waals surface area contributed by atoms with E-state index in [1.165, 1.54) is 24.3 Å². The molecule has 0 aromatic heterocycles. The number of rotatable bonds is 3. The fourth-order valence-corrected chi connectivity index (χ4v) is 6.34. The van der Waals surface area contributed by atoms with Crippen LogP contribution >= 0.6 is 0 Å². The summed E-state index contributed by atoms with van der Waals surface area (Å²) in [4.78, 5) is 0. The van der Waals surface area contributed by atoms with Crippen molar-refractivity contribution >= 4 is 0 Å². The fourth-order valence-electron chi connectivity index (χ4n) is 6.34. The Morgan fingerprint density at radius 3 is 1.83 bits per heavy atom. The van der Waals surface area contributed by atoms with Crippen LogP contribution in [0.15, 0.2) is 65.5 Å². The van der Waals surface area contributed by atoms with E-state index in [4.69, 9.17) is 9.47 Å². The van der Waals surface area contributed by atoms with Crippen LogP contribution < -0.4 is 9.47 Å². The Morgan fingerprint density at radius 2 is 1.21 bits per heavy atom. The minimum atomic E-state index is -1.51. The van der Waals surface area contributed by atoms with E-state index in [0.29, 0.717) is 0 Å². The number of ether oxygens (including phenoxy) is 2. The van der Waals surface area contributed by atoms with Crippen molar-refractivity contribution in [1.29, 1.82) is 0 Å². The number of aromatic hydroxyl groups is 4. The van der Waals surface area contributed by atoms with Gasteiger partial charge >= 0.3 is 0 Å². The molecule has 0 spiro atoms. The number of phenolic OH excluding ortho intramolecular Hbond substituents is 4. The summed E-state index contributed by atoms with van der Waals surface area (Å²) < 4.78 is 12.3. The predicted molar refractivity (Wildman–Crippen MR) is 145 cm³/mol. The van der Waals surface area contributed by atoms with Crippen molar-refractivity contribution in [2.75, 3.05) is 0 Å². The Kier molecular flexibility index (Phi) is 6.54. The molecule has 0 amide bonds. The molecule has 10 N–H and O–H groups in total. The van der Waals surface area contributed by atoms with E-state index in [9.17, 15) is 51.1 Å². The maximum absolute atomic E-state index is 11.8. The van der Waals surface area contributed by atoms with E-state index in [1.807, 2.05) is 0 Å². The van der Waals surface area contributed by atoms with Gasteiger partial charge in [-0.1, -0.05) is 12.2 Å². The normalized spacial score (nSPS) is 30.4. The molecule has 12 heteroatoms. The van der Waals surface area contributed by atoms with E-state index in [1.54, 1.807) is 6.08 Å². The first kappa shape index (κ1) is 27.5. The lowest BCUT2D eigenvalue weighted by Crippen LogP contribution is -2.47. The van der Waals surface area contributed by atoms with Crippen LogP contribution in [-0.4, -0.2) is 75.5 Å². The first-order valence-electron chi connectivity index (χ1n) is 13.4. The summed E-state index contributed by atoms with van der Waals surface area (Å²) in [7, 11) is 0. The highest BCUT2D eigenvalue weighted by molar-refractivity contribution is 5.65. The van der Waals surface area contributed by atoms with E-state index in [0.717, 1.165) is 12.1 Å². The molecule has 2 heterocycles. The van der Waals surface area contributed by atoms with Crippen LogP contribution in [0.25, 0.3) is 0 Å². The smallest absolute Gasteiger partial charge is 0.152 e. The number of hydrogen-bond acceptors (Lipinski definition) is 12. The van der Waals surface area contributed by atoms with Crippen molar-refractivity contribution in [1.82, 2.24) is 0 Å². The summed E-state index contributed by atoms with van der Waals surface area (Å²) in [5, 5.41) is 106. The van der Waals surface area contributed by atoms with E-state index in [2.05, 4.69) is 0 Å². The second-order valence-corrected chi connectivity index (χ2v) is 11.0. The van der Waals surface area contributed by atoms with Gasteiger partial charge in [0.1, 0.15) is 64.3 Å². The average Bonchev–Trinajstić information content (AvgIpc) is 2.93. The molecule has 2 aromatic carbocycles. The van der Waals surface area contributed by atoms with Crippen molar-refractivity contribution in [2.45, 2.75) is 49.6 Å². The minimum Gasteiger partial charge on any atom is -0.508 e. The monoisotopic (exact) mass is 582 g/mol. The van der Waals surface area contributed by atoms with Crippen LogP contribution in [0.3, 0.4) is 0 Å². The number of hydrogen-bond donors (Lipinski definition) is 10. The number of phenols is 4. The topological polar surface area (TPSA) is 221 Å². The Bertz CT molecular complexity index is 1570. The maximum Gasteiger partial charge on any atom is 0.152 e. The second-order valence-electron chi connectivity index (χ2n) is 11.0.